The Morgan fingerprint density at radius 1 is 1.18 bits per heavy atom. The van der Waals surface area contributed by atoms with Gasteiger partial charge in [0.2, 0.25) is 0 Å². The number of hydrogen-bond acceptors (Lipinski definition) is 4. The lowest BCUT2D eigenvalue weighted by Gasteiger charge is -2.48. The number of likely N-dealkylation sites (N-methyl/N-ethyl adjacent to an activating group) is 1. The van der Waals surface area contributed by atoms with E-state index in [4.69, 9.17) is 4.52 Å². The third-order valence-electron chi connectivity index (χ3n) is 6.44. The number of benzene rings is 1. The van der Waals surface area contributed by atoms with Crippen LogP contribution < -0.4 is 0 Å². The Kier molecular flexibility index (Phi) is 5.81. The van der Waals surface area contributed by atoms with Gasteiger partial charge in [0.1, 0.15) is 5.76 Å². The smallest absolute Gasteiger partial charge is 0.276 e. The zero-order valence-corrected chi connectivity index (χ0v) is 17.0. The number of carbonyl (C=O) groups is 1. The molecule has 2 aromatic rings. The highest BCUT2D eigenvalue weighted by Gasteiger charge is 2.43. The van der Waals surface area contributed by atoms with Gasteiger partial charge >= 0.3 is 0 Å². The van der Waals surface area contributed by atoms with Crippen LogP contribution in [0.4, 0.5) is 0 Å². The van der Waals surface area contributed by atoms with Crippen molar-refractivity contribution in [1.29, 1.82) is 0 Å². The second-order valence-electron chi connectivity index (χ2n) is 8.27. The largest absolute Gasteiger partial charge is 0.361 e. The van der Waals surface area contributed by atoms with Gasteiger partial charge in [0.05, 0.1) is 6.04 Å². The van der Waals surface area contributed by atoms with Crippen LogP contribution in [-0.2, 0) is 6.42 Å². The van der Waals surface area contributed by atoms with E-state index in [2.05, 4.69) is 59.3 Å². The summed E-state index contributed by atoms with van der Waals surface area (Å²) >= 11 is 0. The highest BCUT2D eigenvalue weighted by molar-refractivity contribution is 5.92. The second-order valence-corrected chi connectivity index (χ2v) is 8.27. The predicted molar refractivity (Wildman–Crippen MR) is 109 cm³/mol. The van der Waals surface area contributed by atoms with E-state index in [9.17, 15) is 4.79 Å². The monoisotopic (exact) mass is 381 g/mol. The number of rotatable bonds is 4. The normalized spacial score (nSPS) is 25.9. The van der Waals surface area contributed by atoms with E-state index in [1.54, 1.807) is 0 Å². The molecular formula is C23H31N3O2. The molecule has 2 fully saturated rings. The first kappa shape index (κ1) is 19.2. The molecule has 2 saturated heterocycles. The summed E-state index contributed by atoms with van der Waals surface area (Å²) in [5, 5.41) is 4.12. The van der Waals surface area contributed by atoms with Crippen LogP contribution in [0.25, 0.3) is 0 Å². The molecule has 0 N–H and O–H groups in total. The molecule has 0 saturated carbocycles. The average molecular weight is 382 g/mol. The molecule has 150 valence electrons. The third kappa shape index (κ3) is 3.72. The minimum absolute atomic E-state index is 0.0271. The maximum atomic E-state index is 13.5. The van der Waals surface area contributed by atoms with Crippen molar-refractivity contribution in [2.24, 2.45) is 0 Å². The number of aromatic nitrogens is 1. The molecule has 0 spiro atoms. The molecule has 4 rings (SSSR count). The minimum Gasteiger partial charge on any atom is -0.361 e. The van der Waals surface area contributed by atoms with Crippen LogP contribution in [0.2, 0.25) is 0 Å². The highest BCUT2D eigenvalue weighted by Crippen LogP contribution is 2.38. The van der Waals surface area contributed by atoms with Crippen molar-refractivity contribution >= 4 is 5.91 Å². The van der Waals surface area contributed by atoms with Crippen LogP contribution in [0.15, 0.2) is 40.9 Å². The molecular weight excluding hydrogens is 350 g/mol. The molecule has 3 heterocycles. The van der Waals surface area contributed by atoms with Gasteiger partial charge in [-0.25, -0.2) is 0 Å². The van der Waals surface area contributed by atoms with Crippen LogP contribution >= 0.6 is 0 Å². The topological polar surface area (TPSA) is 49.6 Å². The van der Waals surface area contributed by atoms with E-state index >= 15 is 0 Å². The molecule has 0 aliphatic carbocycles. The molecule has 0 radical (unpaired) electrons. The van der Waals surface area contributed by atoms with Crippen molar-refractivity contribution < 1.29 is 9.32 Å². The van der Waals surface area contributed by atoms with E-state index < -0.39 is 0 Å². The first-order chi connectivity index (χ1) is 13.7. The van der Waals surface area contributed by atoms with E-state index in [0.29, 0.717) is 17.7 Å². The maximum absolute atomic E-state index is 13.5. The summed E-state index contributed by atoms with van der Waals surface area (Å²) in [7, 11) is 2.21. The van der Waals surface area contributed by atoms with Crippen molar-refractivity contribution in [2.45, 2.75) is 63.5 Å². The van der Waals surface area contributed by atoms with Crippen molar-refractivity contribution in [2.75, 3.05) is 20.1 Å². The number of nitrogens with zero attached hydrogens (tertiary/aromatic N) is 3. The second kappa shape index (κ2) is 8.48. The zero-order chi connectivity index (χ0) is 19.5. The molecule has 28 heavy (non-hydrogen) atoms. The Balaban J connectivity index is 1.68. The Hall–Kier alpha value is -2.14. The molecule has 1 aromatic heterocycles. The first-order valence-corrected chi connectivity index (χ1v) is 10.7. The lowest BCUT2D eigenvalue weighted by atomic mass is 9.79. The number of likely N-dealkylation sites (tertiary alicyclic amines) is 2. The quantitative estimate of drug-likeness (QED) is 0.800. The summed E-state index contributed by atoms with van der Waals surface area (Å²) in [5.74, 6) is 1.20. The summed E-state index contributed by atoms with van der Waals surface area (Å²) in [4.78, 5) is 18.1. The van der Waals surface area contributed by atoms with Crippen molar-refractivity contribution in [3.8, 4) is 0 Å². The SMILES string of the molecule is CCCc1cc(C(=O)N2CCCC[C@@H]3[C@H]2[C@@H](c2ccccc2)CCN3C)no1. The number of fused-ring (bicyclic) bond motifs is 1. The van der Waals surface area contributed by atoms with E-state index in [1.807, 2.05) is 6.07 Å². The number of hydrogen-bond donors (Lipinski definition) is 0. The lowest BCUT2D eigenvalue weighted by molar-refractivity contribution is 0.0338. The van der Waals surface area contributed by atoms with Gasteiger partial charge in [-0.2, -0.15) is 0 Å². The van der Waals surface area contributed by atoms with Crippen LogP contribution in [0.1, 0.15) is 66.8 Å². The van der Waals surface area contributed by atoms with Gasteiger partial charge in [0.15, 0.2) is 5.69 Å². The molecule has 2 aliphatic heterocycles. The number of carbonyl (C=O) groups excluding carboxylic acids is 1. The average Bonchev–Trinajstić information content (AvgIpc) is 3.07. The molecule has 1 aromatic carbocycles. The first-order valence-electron chi connectivity index (χ1n) is 10.7. The number of amides is 1. The van der Waals surface area contributed by atoms with E-state index in [0.717, 1.165) is 57.4 Å². The lowest BCUT2D eigenvalue weighted by Crippen LogP contribution is -2.58. The summed E-state index contributed by atoms with van der Waals surface area (Å²) in [6.45, 7) is 3.98. The maximum Gasteiger partial charge on any atom is 0.276 e. The molecule has 5 heteroatoms. The van der Waals surface area contributed by atoms with Gasteiger partial charge in [-0.15, -0.1) is 0 Å². The van der Waals surface area contributed by atoms with E-state index in [-0.39, 0.29) is 11.9 Å². The van der Waals surface area contributed by atoms with Crippen molar-refractivity contribution in [1.82, 2.24) is 15.0 Å². The minimum atomic E-state index is 0.0271. The Bertz CT molecular complexity index is 788. The number of piperidine rings is 1. The van der Waals surface area contributed by atoms with Crippen LogP contribution in [-0.4, -0.2) is 53.1 Å². The Morgan fingerprint density at radius 3 is 2.79 bits per heavy atom. The van der Waals surface area contributed by atoms with Gasteiger partial charge in [-0.1, -0.05) is 48.8 Å². The third-order valence-corrected chi connectivity index (χ3v) is 6.44. The zero-order valence-electron chi connectivity index (χ0n) is 17.0. The summed E-state index contributed by atoms with van der Waals surface area (Å²) < 4.78 is 5.41. The standard InChI is InChI=1S/C23H31N3O2/c1-3-9-18-16-20(24-28-18)23(27)26-14-8-7-12-21-22(26)19(13-15-25(21)2)17-10-5-4-6-11-17/h4-6,10-11,16,19,21-22H,3,7-9,12-15H2,1-2H3/t19-,21-,22-/m1/s1. The van der Waals surface area contributed by atoms with Gasteiger partial charge in [-0.3, -0.25) is 4.79 Å². The van der Waals surface area contributed by atoms with Crippen LogP contribution in [0, 0.1) is 0 Å². The predicted octanol–water partition coefficient (Wildman–Crippen LogP) is 4.11. The molecule has 5 nitrogen and oxygen atoms in total. The summed E-state index contributed by atoms with van der Waals surface area (Å²) in [5.41, 5.74) is 1.81. The fourth-order valence-electron chi connectivity index (χ4n) is 5.04. The fraction of sp³-hybridized carbons (Fsp3) is 0.565. The van der Waals surface area contributed by atoms with Gasteiger partial charge in [-0.05, 0) is 44.8 Å². The highest BCUT2D eigenvalue weighted by atomic mass is 16.5. The molecule has 0 unspecified atom stereocenters. The molecule has 0 bridgehead atoms. The number of aryl methyl sites for hydroxylation is 1. The molecule has 3 atom stereocenters. The van der Waals surface area contributed by atoms with Gasteiger partial charge in [0.25, 0.3) is 5.91 Å². The fourth-order valence-corrected chi connectivity index (χ4v) is 5.04. The van der Waals surface area contributed by atoms with E-state index in [1.165, 1.54) is 5.56 Å². The Labute approximate surface area is 167 Å². The summed E-state index contributed by atoms with van der Waals surface area (Å²) in [6, 6.07) is 13.1. The summed E-state index contributed by atoms with van der Waals surface area (Å²) in [6.07, 6.45) is 6.24. The molecule has 1 amide bonds. The van der Waals surface area contributed by atoms with Crippen molar-refractivity contribution in [3.63, 3.8) is 0 Å². The van der Waals surface area contributed by atoms with Crippen molar-refractivity contribution in [3.05, 3.63) is 53.4 Å². The van der Waals surface area contributed by atoms with Crippen LogP contribution in [0.5, 0.6) is 0 Å². The van der Waals surface area contributed by atoms with Gasteiger partial charge < -0.3 is 14.3 Å². The Morgan fingerprint density at radius 2 is 2.00 bits per heavy atom. The molecule has 2 aliphatic rings. The van der Waals surface area contributed by atoms with Crippen LogP contribution in [0.3, 0.4) is 0 Å². The van der Waals surface area contributed by atoms with Gasteiger partial charge in [0, 0.05) is 31.0 Å².